The summed E-state index contributed by atoms with van der Waals surface area (Å²) in [4.78, 5) is 22.0. The second-order valence-corrected chi connectivity index (χ2v) is 3.82. The molecule has 0 aromatic heterocycles. The highest BCUT2D eigenvalue weighted by Crippen LogP contribution is 2.30. The lowest BCUT2D eigenvalue weighted by Gasteiger charge is -2.19. The summed E-state index contributed by atoms with van der Waals surface area (Å²) in [6, 6.07) is 9.87. The van der Waals surface area contributed by atoms with Gasteiger partial charge in [-0.1, -0.05) is 30.3 Å². The van der Waals surface area contributed by atoms with Gasteiger partial charge in [-0.05, 0) is 29.6 Å². The van der Waals surface area contributed by atoms with Gasteiger partial charge in [0.25, 0.3) is 0 Å². The monoisotopic (exact) mass is 200 g/mol. The summed E-state index contributed by atoms with van der Waals surface area (Å²) in [5.74, 6) is 0.223. The number of hydrogen-bond acceptors (Lipinski definition) is 2. The second-order valence-electron chi connectivity index (χ2n) is 3.82. The van der Waals surface area contributed by atoms with E-state index in [9.17, 15) is 9.59 Å². The third-order valence-corrected chi connectivity index (χ3v) is 2.70. The molecule has 1 unspecified atom stereocenters. The van der Waals surface area contributed by atoms with E-state index in [0.717, 1.165) is 11.8 Å². The molecule has 15 heavy (non-hydrogen) atoms. The molecule has 0 saturated heterocycles. The highest BCUT2D eigenvalue weighted by atomic mass is 16.1. The quantitative estimate of drug-likeness (QED) is 0.686. The summed E-state index contributed by atoms with van der Waals surface area (Å²) in [5, 5.41) is 0. The molecule has 0 aliphatic heterocycles. The zero-order valence-corrected chi connectivity index (χ0v) is 8.35. The Labute approximate surface area is 88.6 Å². The fourth-order valence-electron chi connectivity index (χ4n) is 1.97. The summed E-state index contributed by atoms with van der Waals surface area (Å²) in [6.07, 6.45) is 3.44. The molecule has 1 atom stereocenters. The molecule has 2 nitrogen and oxygen atoms in total. The van der Waals surface area contributed by atoms with E-state index < -0.39 is 0 Å². The Morgan fingerprint density at radius 3 is 2.53 bits per heavy atom. The molecule has 1 aliphatic rings. The van der Waals surface area contributed by atoms with E-state index in [1.165, 1.54) is 6.08 Å². The largest absolute Gasteiger partial charge is 0.298 e. The lowest BCUT2D eigenvalue weighted by Crippen LogP contribution is -2.13. The molecule has 0 bridgehead atoms. The van der Waals surface area contributed by atoms with Gasteiger partial charge >= 0.3 is 0 Å². The van der Waals surface area contributed by atoms with Crippen LogP contribution in [0.5, 0.6) is 0 Å². The number of aldehydes is 1. The summed E-state index contributed by atoms with van der Waals surface area (Å²) >= 11 is 0. The summed E-state index contributed by atoms with van der Waals surface area (Å²) in [5.41, 5.74) is 1.75. The minimum atomic E-state index is 0.0530. The molecule has 76 valence electrons. The Balaban J connectivity index is 2.23. The van der Waals surface area contributed by atoms with E-state index in [1.54, 1.807) is 0 Å². The maximum Gasteiger partial charge on any atom is 0.156 e. The van der Waals surface area contributed by atoms with Gasteiger partial charge in [0.05, 0.1) is 0 Å². The standard InChI is InChI=1S/C13H12O2/c14-9-10-6-12(8-13(15)7-10)11-4-2-1-3-5-11/h1-5,7,9,12H,6,8H2. The Morgan fingerprint density at radius 2 is 1.87 bits per heavy atom. The smallest absolute Gasteiger partial charge is 0.156 e. The van der Waals surface area contributed by atoms with Crippen LogP contribution in [0, 0.1) is 0 Å². The molecule has 0 saturated carbocycles. The molecular weight excluding hydrogens is 188 g/mol. The van der Waals surface area contributed by atoms with Gasteiger partial charge in [-0.25, -0.2) is 0 Å². The van der Waals surface area contributed by atoms with Crippen molar-refractivity contribution in [2.24, 2.45) is 0 Å². The number of carbonyl (C=O) groups excluding carboxylic acids is 2. The number of carbonyl (C=O) groups is 2. The minimum Gasteiger partial charge on any atom is -0.298 e. The minimum absolute atomic E-state index is 0.0530. The van der Waals surface area contributed by atoms with Gasteiger partial charge in [-0.2, -0.15) is 0 Å². The molecule has 2 heteroatoms. The van der Waals surface area contributed by atoms with Crippen LogP contribution < -0.4 is 0 Å². The number of hydrogen-bond donors (Lipinski definition) is 0. The van der Waals surface area contributed by atoms with Crippen molar-refractivity contribution in [3.8, 4) is 0 Å². The predicted molar refractivity (Wildman–Crippen MR) is 57.6 cm³/mol. The third-order valence-electron chi connectivity index (χ3n) is 2.70. The van der Waals surface area contributed by atoms with Crippen LogP contribution in [0.3, 0.4) is 0 Å². The first-order valence-corrected chi connectivity index (χ1v) is 5.03. The SMILES string of the molecule is O=CC1=CC(=O)CC(c2ccccc2)C1. The average molecular weight is 200 g/mol. The zero-order chi connectivity index (χ0) is 10.7. The van der Waals surface area contributed by atoms with Crippen molar-refractivity contribution in [1.82, 2.24) is 0 Å². The first kappa shape index (κ1) is 9.84. The Bertz CT molecular complexity index is 404. The van der Waals surface area contributed by atoms with Gasteiger partial charge in [0, 0.05) is 6.42 Å². The molecule has 0 amide bonds. The van der Waals surface area contributed by atoms with Gasteiger partial charge in [-0.3, -0.25) is 9.59 Å². The molecule has 0 heterocycles. The van der Waals surface area contributed by atoms with Crippen molar-refractivity contribution in [1.29, 1.82) is 0 Å². The van der Waals surface area contributed by atoms with Crippen LogP contribution in [0.2, 0.25) is 0 Å². The molecule has 1 aromatic rings. The van der Waals surface area contributed by atoms with Crippen molar-refractivity contribution >= 4 is 12.1 Å². The van der Waals surface area contributed by atoms with Crippen LogP contribution in [0.25, 0.3) is 0 Å². The maximum absolute atomic E-state index is 11.4. The molecule has 0 fully saturated rings. The number of ketones is 1. The molecule has 0 N–H and O–H groups in total. The van der Waals surface area contributed by atoms with Crippen LogP contribution in [-0.2, 0) is 9.59 Å². The van der Waals surface area contributed by atoms with Crippen molar-refractivity contribution in [3.05, 3.63) is 47.5 Å². The van der Waals surface area contributed by atoms with Gasteiger partial charge in [0.15, 0.2) is 5.78 Å². The van der Waals surface area contributed by atoms with Gasteiger partial charge in [0.2, 0.25) is 0 Å². The molecule has 2 rings (SSSR count). The van der Waals surface area contributed by atoms with Crippen molar-refractivity contribution in [3.63, 3.8) is 0 Å². The lowest BCUT2D eigenvalue weighted by atomic mass is 9.84. The summed E-state index contributed by atoms with van der Waals surface area (Å²) in [7, 11) is 0. The lowest BCUT2D eigenvalue weighted by molar-refractivity contribution is -0.116. The summed E-state index contributed by atoms with van der Waals surface area (Å²) in [6.45, 7) is 0. The topological polar surface area (TPSA) is 34.1 Å². The first-order valence-electron chi connectivity index (χ1n) is 5.03. The molecule has 1 aliphatic carbocycles. The van der Waals surface area contributed by atoms with Crippen molar-refractivity contribution in [2.75, 3.05) is 0 Å². The van der Waals surface area contributed by atoms with Crippen LogP contribution >= 0.6 is 0 Å². The highest BCUT2D eigenvalue weighted by molar-refractivity contribution is 5.97. The number of allylic oxidation sites excluding steroid dienone is 2. The van der Waals surface area contributed by atoms with E-state index in [2.05, 4.69) is 0 Å². The molecule has 1 aromatic carbocycles. The van der Waals surface area contributed by atoms with Crippen LogP contribution in [-0.4, -0.2) is 12.1 Å². The fraction of sp³-hybridized carbons (Fsp3) is 0.231. The number of rotatable bonds is 2. The Kier molecular flexibility index (Phi) is 2.77. The normalized spacial score (nSPS) is 20.9. The van der Waals surface area contributed by atoms with Crippen molar-refractivity contribution < 1.29 is 9.59 Å². The summed E-state index contributed by atoms with van der Waals surface area (Å²) < 4.78 is 0. The Hall–Kier alpha value is -1.70. The van der Waals surface area contributed by atoms with Crippen LogP contribution in [0.4, 0.5) is 0 Å². The van der Waals surface area contributed by atoms with Gasteiger partial charge in [0.1, 0.15) is 6.29 Å². The molecule has 0 radical (unpaired) electrons. The van der Waals surface area contributed by atoms with E-state index in [0.29, 0.717) is 18.4 Å². The second kappa shape index (κ2) is 4.22. The zero-order valence-electron chi connectivity index (χ0n) is 8.35. The van der Waals surface area contributed by atoms with Crippen LogP contribution in [0.15, 0.2) is 42.0 Å². The average Bonchev–Trinajstić information content (AvgIpc) is 2.29. The highest BCUT2D eigenvalue weighted by Gasteiger charge is 2.21. The Morgan fingerprint density at radius 1 is 1.13 bits per heavy atom. The van der Waals surface area contributed by atoms with E-state index in [1.807, 2.05) is 30.3 Å². The van der Waals surface area contributed by atoms with Crippen LogP contribution in [0.1, 0.15) is 24.3 Å². The predicted octanol–water partition coefficient (Wildman–Crippen LogP) is 2.26. The van der Waals surface area contributed by atoms with Crippen molar-refractivity contribution in [2.45, 2.75) is 18.8 Å². The van der Waals surface area contributed by atoms with E-state index >= 15 is 0 Å². The van der Waals surface area contributed by atoms with E-state index in [-0.39, 0.29) is 11.7 Å². The molecule has 0 spiro atoms. The van der Waals surface area contributed by atoms with E-state index in [4.69, 9.17) is 0 Å². The first-order chi connectivity index (χ1) is 7.29. The fourth-order valence-corrected chi connectivity index (χ4v) is 1.97. The van der Waals surface area contributed by atoms with Gasteiger partial charge < -0.3 is 0 Å². The maximum atomic E-state index is 11.4. The number of benzene rings is 1. The van der Waals surface area contributed by atoms with Gasteiger partial charge in [-0.15, -0.1) is 0 Å². The molecular formula is C13H12O2. The third kappa shape index (κ3) is 2.21.